The van der Waals surface area contributed by atoms with Crippen LogP contribution in [0.3, 0.4) is 0 Å². The van der Waals surface area contributed by atoms with E-state index in [-0.39, 0.29) is 0 Å². The first-order valence-corrected chi connectivity index (χ1v) is 5.09. The Morgan fingerprint density at radius 2 is 2.17 bits per heavy atom. The highest BCUT2D eigenvalue weighted by molar-refractivity contribution is 9.11. The van der Waals surface area contributed by atoms with Crippen LogP contribution in [-0.4, -0.2) is 9.79 Å². The minimum Gasteiger partial charge on any atom is -0.241 e. The zero-order valence-corrected chi connectivity index (χ0v) is 9.40. The zero-order chi connectivity index (χ0) is 8.77. The normalized spacial score (nSPS) is 24.4. The van der Waals surface area contributed by atoms with E-state index in [2.05, 4.69) is 46.2 Å². The summed E-state index contributed by atoms with van der Waals surface area (Å²) < 4.78 is 0.412. The fraction of sp³-hybridized carbons (Fsp3) is 0.125. The Morgan fingerprint density at radius 1 is 1.42 bits per heavy atom. The molecule has 0 unspecified atom stereocenters. The van der Waals surface area contributed by atoms with E-state index >= 15 is 0 Å². The van der Waals surface area contributed by atoms with Crippen molar-refractivity contribution in [2.24, 2.45) is 4.99 Å². The Morgan fingerprint density at radius 3 is 2.92 bits per heavy atom. The molecule has 2 rings (SSSR count). The third-order valence-electron chi connectivity index (χ3n) is 1.65. The Bertz CT molecular complexity index is 350. The van der Waals surface area contributed by atoms with Gasteiger partial charge in [0.2, 0.25) is 0 Å². The van der Waals surface area contributed by atoms with E-state index in [0.29, 0.717) is 0 Å². The molecular formula is C8H6BrNS2. The Balaban J connectivity index is 2.46. The quantitative estimate of drug-likeness (QED) is 0.377. The lowest BCUT2D eigenvalue weighted by Gasteiger charge is -2.17. The number of aliphatic imine (C=N–C) groups is 1. The molecule has 0 aromatic heterocycles. The largest absolute Gasteiger partial charge is 0.241 e. The summed E-state index contributed by atoms with van der Waals surface area (Å²) in [5, 5.41) is 0. The van der Waals surface area contributed by atoms with Crippen LogP contribution in [0.25, 0.3) is 0 Å². The first kappa shape index (κ1) is 8.66. The summed E-state index contributed by atoms with van der Waals surface area (Å²) in [6.45, 7) is 0. The first-order valence-electron chi connectivity index (χ1n) is 3.40. The molecule has 1 aliphatic heterocycles. The SMILES string of the molecule is SC1(S)C=CC2=NC(Br)=CC2=C1. The highest BCUT2D eigenvalue weighted by Gasteiger charge is 2.22. The molecule has 0 radical (unpaired) electrons. The lowest BCUT2D eigenvalue weighted by molar-refractivity contribution is 1.32. The second-order valence-corrected chi connectivity index (χ2v) is 5.33. The van der Waals surface area contributed by atoms with Gasteiger partial charge in [-0.05, 0) is 34.2 Å². The number of halogens is 1. The lowest BCUT2D eigenvalue weighted by Crippen LogP contribution is -2.13. The smallest absolute Gasteiger partial charge is 0.107 e. The van der Waals surface area contributed by atoms with E-state index in [1.165, 1.54) is 0 Å². The predicted molar refractivity (Wildman–Crippen MR) is 62.4 cm³/mol. The highest BCUT2D eigenvalue weighted by atomic mass is 79.9. The average Bonchev–Trinajstić information content (AvgIpc) is 2.26. The number of hydrogen-bond acceptors (Lipinski definition) is 3. The number of nitrogens with zero attached hydrogens (tertiary/aromatic N) is 1. The third kappa shape index (κ3) is 1.56. The number of fused-ring (bicyclic) bond motifs is 1. The molecule has 1 aliphatic carbocycles. The van der Waals surface area contributed by atoms with Gasteiger partial charge in [-0.25, -0.2) is 4.99 Å². The molecule has 1 heterocycles. The monoisotopic (exact) mass is 259 g/mol. The van der Waals surface area contributed by atoms with Crippen LogP contribution in [0.1, 0.15) is 0 Å². The topological polar surface area (TPSA) is 12.4 Å². The van der Waals surface area contributed by atoms with Gasteiger partial charge in [-0.3, -0.25) is 0 Å². The molecule has 0 spiro atoms. The number of hydrogen-bond donors (Lipinski definition) is 2. The molecule has 0 amide bonds. The predicted octanol–water partition coefficient (Wildman–Crippen LogP) is 2.73. The summed E-state index contributed by atoms with van der Waals surface area (Å²) in [5.74, 6) is 0. The van der Waals surface area contributed by atoms with Gasteiger partial charge in [0.15, 0.2) is 0 Å². The lowest BCUT2D eigenvalue weighted by atomic mass is 10.0. The van der Waals surface area contributed by atoms with Crippen LogP contribution in [-0.2, 0) is 0 Å². The van der Waals surface area contributed by atoms with Gasteiger partial charge in [-0.1, -0.05) is 6.08 Å². The van der Waals surface area contributed by atoms with Crippen LogP contribution in [0.5, 0.6) is 0 Å². The molecule has 62 valence electrons. The molecule has 0 atom stereocenters. The van der Waals surface area contributed by atoms with E-state index in [4.69, 9.17) is 0 Å². The van der Waals surface area contributed by atoms with Gasteiger partial charge >= 0.3 is 0 Å². The molecule has 0 N–H and O–H groups in total. The Kier molecular flexibility index (Phi) is 2.01. The molecule has 1 nitrogen and oxygen atoms in total. The second-order valence-electron chi connectivity index (χ2n) is 2.68. The summed E-state index contributed by atoms with van der Waals surface area (Å²) >= 11 is 12.0. The molecular weight excluding hydrogens is 254 g/mol. The maximum Gasteiger partial charge on any atom is 0.107 e. The van der Waals surface area contributed by atoms with Crippen molar-refractivity contribution in [2.45, 2.75) is 4.08 Å². The third-order valence-corrected chi connectivity index (χ3v) is 2.61. The van der Waals surface area contributed by atoms with Gasteiger partial charge in [0, 0.05) is 5.57 Å². The molecule has 0 fully saturated rings. The average molecular weight is 260 g/mol. The molecule has 0 aromatic rings. The van der Waals surface area contributed by atoms with Crippen molar-refractivity contribution in [1.82, 2.24) is 0 Å². The fourth-order valence-corrected chi connectivity index (χ4v) is 2.01. The van der Waals surface area contributed by atoms with Crippen LogP contribution >= 0.6 is 41.2 Å². The van der Waals surface area contributed by atoms with Gasteiger partial charge in [0.05, 0.1) is 9.79 Å². The number of allylic oxidation sites excluding steroid dienone is 3. The van der Waals surface area contributed by atoms with Crippen molar-refractivity contribution in [1.29, 1.82) is 0 Å². The molecule has 0 bridgehead atoms. The summed E-state index contributed by atoms with van der Waals surface area (Å²) in [5.41, 5.74) is 2.05. The van der Waals surface area contributed by atoms with E-state index in [1.54, 1.807) is 0 Å². The standard InChI is InChI=1S/C8H6BrNS2/c9-7-3-5-4-8(11,12)2-1-6(5)10-7/h1-4,11-12H. The van der Waals surface area contributed by atoms with Crippen molar-refractivity contribution in [3.8, 4) is 0 Å². The van der Waals surface area contributed by atoms with E-state index in [0.717, 1.165) is 15.9 Å². The molecule has 12 heavy (non-hydrogen) atoms. The van der Waals surface area contributed by atoms with Crippen LogP contribution in [0.15, 0.2) is 39.5 Å². The van der Waals surface area contributed by atoms with Gasteiger partial charge in [0.25, 0.3) is 0 Å². The summed E-state index contributed by atoms with van der Waals surface area (Å²) in [6.07, 6.45) is 7.76. The van der Waals surface area contributed by atoms with Crippen molar-refractivity contribution >= 4 is 46.9 Å². The molecule has 2 aliphatic rings. The molecule has 0 saturated heterocycles. The zero-order valence-electron chi connectivity index (χ0n) is 6.03. The van der Waals surface area contributed by atoms with Crippen LogP contribution in [0.2, 0.25) is 0 Å². The minimum absolute atomic E-state index is 0.442. The van der Waals surface area contributed by atoms with Crippen LogP contribution in [0.4, 0.5) is 0 Å². The Hall–Kier alpha value is 0.0700. The molecule has 4 heteroatoms. The maximum atomic E-state index is 4.33. The van der Waals surface area contributed by atoms with E-state index in [9.17, 15) is 0 Å². The maximum absolute atomic E-state index is 4.33. The highest BCUT2D eigenvalue weighted by Crippen LogP contribution is 2.33. The van der Waals surface area contributed by atoms with E-state index < -0.39 is 4.08 Å². The molecule has 0 saturated carbocycles. The number of thiol groups is 2. The second kappa shape index (κ2) is 2.79. The van der Waals surface area contributed by atoms with Crippen molar-refractivity contribution in [3.63, 3.8) is 0 Å². The van der Waals surface area contributed by atoms with Gasteiger partial charge in [-0.15, -0.1) is 0 Å². The summed E-state index contributed by atoms with van der Waals surface area (Å²) in [4.78, 5) is 4.25. The summed E-state index contributed by atoms with van der Waals surface area (Å²) in [6, 6.07) is 0. The van der Waals surface area contributed by atoms with Crippen molar-refractivity contribution in [3.05, 3.63) is 34.5 Å². The van der Waals surface area contributed by atoms with Crippen LogP contribution < -0.4 is 0 Å². The first-order chi connectivity index (χ1) is 5.57. The van der Waals surface area contributed by atoms with Crippen molar-refractivity contribution in [2.75, 3.05) is 0 Å². The minimum atomic E-state index is -0.442. The molecule has 0 aromatic carbocycles. The van der Waals surface area contributed by atoms with Crippen LogP contribution in [0, 0.1) is 0 Å². The number of rotatable bonds is 0. The van der Waals surface area contributed by atoms with E-state index in [1.807, 2.05) is 24.3 Å². The van der Waals surface area contributed by atoms with Gasteiger partial charge in [0.1, 0.15) is 4.61 Å². The van der Waals surface area contributed by atoms with Gasteiger partial charge in [-0.2, -0.15) is 25.3 Å². The van der Waals surface area contributed by atoms with Gasteiger partial charge < -0.3 is 0 Å². The van der Waals surface area contributed by atoms with Crippen molar-refractivity contribution < 1.29 is 0 Å². The fourth-order valence-electron chi connectivity index (χ4n) is 1.14. The summed E-state index contributed by atoms with van der Waals surface area (Å²) in [7, 11) is 0. The Labute approximate surface area is 90.3 Å².